The molecule has 3 heteroatoms. The number of rotatable bonds is 1. The number of fused-ring (bicyclic) bond motifs is 1. The lowest BCUT2D eigenvalue weighted by molar-refractivity contribution is -0.141. The minimum absolute atomic E-state index is 0.434. The zero-order valence-electron chi connectivity index (χ0n) is 9.48. The number of likely N-dealkylation sites (tertiary alicyclic amines) is 2. The molecule has 1 saturated carbocycles. The maximum absolute atomic E-state index is 11.9. The first-order valence-electron chi connectivity index (χ1n) is 6.25. The van der Waals surface area contributed by atoms with Crippen molar-refractivity contribution in [3.63, 3.8) is 0 Å². The standard InChI is InChI=1S/C12H20N2O/c1-13-7-6-11-9(8-13)2-5-12(15)14(11)10-3-4-10/h9-11H,2-8H2,1H3. The van der Waals surface area contributed by atoms with Crippen LogP contribution in [0.2, 0.25) is 0 Å². The summed E-state index contributed by atoms with van der Waals surface area (Å²) in [7, 11) is 2.20. The molecule has 1 amide bonds. The summed E-state index contributed by atoms with van der Waals surface area (Å²) in [6.07, 6.45) is 5.63. The molecule has 0 aromatic rings. The van der Waals surface area contributed by atoms with Crippen molar-refractivity contribution in [1.29, 1.82) is 0 Å². The Balaban J connectivity index is 1.77. The second kappa shape index (κ2) is 3.48. The Morgan fingerprint density at radius 1 is 1.20 bits per heavy atom. The van der Waals surface area contributed by atoms with Crippen LogP contribution in [-0.2, 0) is 4.79 Å². The highest BCUT2D eigenvalue weighted by molar-refractivity contribution is 5.78. The molecular weight excluding hydrogens is 188 g/mol. The van der Waals surface area contributed by atoms with E-state index in [4.69, 9.17) is 0 Å². The van der Waals surface area contributed by atoms with Crippen molar-refractivity contribution < 1.29 is 4.79 Å². The average Bonchev–Trinajstić information content (AvgIpc) is 3.02. The summed E-state index contributed by atoms with van der Waals surface area (Å²) in [4.78, 5) is 16.6. The van der Waals surface area contributed by atoms with E-state index in [2.05, 4.69) is 16.8 Å². The molecule has 0 spiro atoms. The van der Waals surface area contributed by atoms with Crippen LogP contribution in [0.15, 0.2) is 0 Å². The van der Waals surface area contributed by atoms with Crippen molar-refractivity contribution in [2.45, 2.75) is 44.2 Å². The average molecular weight is 208 g/mol. The molecule has 0 radical (unpaired) electrons. The van der Waals surface area contributed by atoms with Gasteiger partial charge in [0.1, 0.15) is 0 Å². The van der Waals surface area contributed by atoms with Crippen LogP contribution in [-0.4, -0.2) is 47.9 Å². The molecule has 1 aliphatic carbocycles. The Morgan fingerprint density at radius 3 is 2.73 bits per heavy atom. The predicted octanol–water partition coefficient (Wildman–Crippen LogP) is 1.09. The fourth-order valence-corrected chi connectivity index (χ4v) is 3.30. The van der Waals surface area contributed by atoms with E-state index in [0.717, 1.165) is 25.3 Å². The molecule has 0 bridgehead atoms. The van der Waals surface area contributed by atoms with Gasteiger partial charge in [-0.25, -0.2) is 0 Å². The van der Waals surface area contributed by atoms with Crippen molar-refractivity contribution in [2.75, 3.05) is 20.1 Å². The molecule has 15 heavy (non-hydrogen) atoms. The Kier molecular flexibility index (Phi) is 2.23. The molecule has 3 nitrogen and oxygen atoms in total. The Morgan fingerprint density at radius 2 is 2.00 bits per heavy atom. The Labute approximate surface area is 91.4 Å². The van der Waals surface area contributed by atoms with Gasteiger partial charge in [0.25, 0.3) is 0 Å². The minimum atomic E-state index is 0.434. The third-order valence-electron chi connectivity index (χ3n) is 4.21. The topological polar surface area (TPSA) is 23.6 Å². The second-order valence-corrected chi connectivity index (χ2v) is 5.45. The van der Waals surface area contributed by atoms with E-state index >= 15 is 0 Å². The quantitative estimate of drug-likeness (QED) is 0.644. The van der Waals surface area contributed by atoms with Crippen molar-refractivity contribution in [3.8, 4) is 0 Å². The van der Waals surface area contributed by atoms with Gasteiger partial charge >= 0.3 is 0 Å². The first kappa shape index (κ1) is 9.64. The number of carbonyl (C=O) groups is 1. The summed E-state index contributed by atoms with van der Waals surface area (Å²) in [5.41, 5.74) is 0. The SMILES string of the molecule is CN1CCC2C(CCC(=O)N2C2CC2)C1. The lowest BCUT2D eigenvalue weighted by atomic mass is 9.83. The Hall–Kier alpha value is -0.570. The van der Waals surface area contributed by atoms with Crippen LogP contribution in [0.1, 0.15) is 32.1 Å². The molecule has 84 valence electrons. The number of hydrogen-bond acceptors (Lipinski definition) is 2. The number of piperidine rings is 2. The molecule has 0 aromatic carbocycles. The highest BCUT2D eigenvalue weighted by atomic mass is 16.2. The monoisotopic (exact) mass is 208 g/mol. The number of amides is 1. The van der Waals surface area contributed by atoms with Crippen LogP contribution in [0, 0.1) is 5.92 Å². The molecule has 0 N–H and O–H groups in total. The van der Waals surface area contributed by atoms with Gasteiger partial charge in [0, 0.05) is 25.0 Å². The molecular formula is C12H20N2O. The highest BCUT2D eigenvalue weighted by Gasteiger charge is 2.44. The molecule has 2 aliphatic heterocycles. The maximum atomic E-state index is 11.9. The number of nitrogens with zero attached hydrogens (tertiary/aromatic N) is 2. The number of hydrogen-bond donors (Lipinski definition) is 0. The summed E-state index contributed by atoms with van der Waals surface area (Å²) in [5.74, 6) is 1.19. The van der Waals surface area contributed by atoms with Gasteiger partial charge in [0.2, 0.25) is 5.91 Å². The molecule has 2 atom stereocenters. The zero-order valence-corrected chi connectivity index (χ0v) is 9.48. The summed E-state index contributed by atoms with van der Waals surface area (Å²) in [6.45, 7) is 2.36. The van der Waals surface area contributed by atoms with E-state index in [1.165, 1.54) is 25.8 Å². The van der Waals surface area contributed by atoms with Crippen LogP contribution in [0.5, 0.6) is 0 Å². The van der Waals surface area contributed by atoms with E-state index in [1.54, 1.807) is 0 Å². The maximum Gasteiger partial charge on any atom is 0.223 e. The van der Waals surface area contributed by atoms with Crippen LogP contribution < -0.4 is 0 Å². The van der Waals surface area contributed by atoms with E-state index in [9.17, 15) is 4.79 Å². The van der Waals surface area contributed by atoms with Gasteiger partial charge < -0.3 is 9.80 Å². The molecule has 3 rings (SSSR count). The van der Waals surface area contributed by atoms with Crippen LogP contribution >= 0.6 is 0 Å². The van der Waals surface area contributed by atoms with Crippen molar-refractivity contribution in [2.24, 2.45) is 5.92 Å². The van der Waals surface area contributed by atoms with Crippen LogP contribution in [0.3, 0.4) is 0 Å². The molecule has 2 unspecified atom stereocenters. The molecule has 0 aromatic heterocycles. The van der Waals surface area contributed by atoms with Gasteiger partial charge in [-0.15, -0.1) is 0 Å². The number of carbonyl (C=O) groups excluding carboxylic acids is 1. The summed E-state index contributed by atoms with van der Waals surface area (Å²) in [5, 5.41) is 0. The largest absolute Gasteiger partial charge is 0.336 e. The van der Waals surface area contributed by atoms with Gasteiger partial charge in [-0.2, -0.15) is 0 Å². The fourth-order valence-electron chi connectivity index (χ4n) is 3.30. The highest BCUT2D eigenvalue weighted by Crippen LogP contribution is 2.38. The zero-order chi connectivity index (χ0) is 10.4. The first-order chi connectivity index (χ1) is 7.25. The van der Waals surface area contributed by atoms with E-state index in [1.807, 2.05) is 0 Å². The van der Waals surface area contributed by atoms with Crippen LogP contribution in [0.25, 0.3) is 0 Å². The van der Waals surface area contributed by atoms with E-state index < -0.39 is 0 Å². The second-order valence-electron chi connectivity index (χ2n) is 5.45. The molecule has 3 fully saturated rings. The molecule has 2 saturated heterocycles. The minimum Gasteiger partial charge on any atom is -0.336 e. The first-order valence-corrected chi connectivity index (χ1v) is 6.25. The third kappa shape index (κ3) is 1.67. The van der Waals surface area contributed by atoms with Gasteiger partial charge in [-0.05, 0) is 45.2 Å². The third-order valence-corrected chi connectivity index (χ3v) is 4.21. The van der Waals surface area contributed by atoms with E-state index in [-0.39, 0.29) is 0 Å². The Bertz CT molecular complexity index is 275. The lowest BCUT2D eigenvalue weighted by Gasteiger charge is -2.46. The van der Waals surface area contributed by atoms with E-state index in [0.29, 0.717) is 18.0 Å². The van der Waals surface area contributed by atoms with Gasteiger partial charge in [-0.3, -0.25) is 4.79 Å². The normalized spacial score (nSPS) is 37.9. The van der Waals surface area contributed by atoms with Gasteiger partial charge in [0.15, 0.2) is 0 Å². The van der Waals surface area contributed by atoms with Gasteiger partial charge in [0.05, 0.1) is 0 Å². The van der Waals surface area contributed by atoms with Crippen molar-refractivity contribution in [1.82, 2.24) is 9.80 Å². The fraction of sp³-hybridized carbons (Fsp3) is 0.917. The summed E-state index contributed by atoms with van der Waals surface area (Å²) < 4.78 is 0. The predicted molar refractivity (Wildman–Crippen MR) is 58.5 cm³/mol. The summed E-state index contributed by atoms with van der Waals surface area (Å²) in [6, 6.07) is 1.20. The van der Waals surface area contributed by atoms with Crippen molar-refractivity contribution in [3.05, 3.63) is 0 Å². The van der Waals surface area contributed by atoms with Gasteiger partial charge in [-0.1, -0.05) is 0 Å². The molecule has 3 aliphatic rings. The summed E-state index contributed by atoms with van der Waals surface area (Å²) >= 11 is 0. The van der Waals surface area contributed by atoms with Crippen LogP contribution in [0.4, 0.5) is 0 Å². The smallest absolute Gasteiger partial charge is 0.223 e. The lowest BCUT2D eigenvalue weighted by Crippen LogP contribution is -2.56. The molecule has 2 heterocycles. The van der Waals surface area contributed by atoms with Crippen molar-refractivity contribution >= 4 is 5.91 Å².